The first-order valence-electron chi connectivity index (χ1n) is 6.88. The Morgan fingerprint density at radius 2 is 2.05 bits per heavy atom. The molecule has 0 saturated carbocycles. The minimum atomic E-state index is -1.25. The highest BCUT2D eigenvalue weighted by atomic mass is 32.1. The van der Waals surface area contributed by atoms with E-state index >= 15 is 0 Å². The molecule has 2 aromatic rings. The van der Waals surface area contributed by atoms with Crippen LogP contribution >= 0.6 is 12.6 Å². The fourth-order valence-electron chi connectivity index (χ4n) is 2.88. The van der Waals surface area contributed by atoms with Crippen molar-refractivity contribution in [2.45, 2.75) is 32.1 Å². The molecular weight excluding hydrogens is 288 g/mol. The van der Waals surface area contributed by atoms with Crippen LogP contribution < -0.4 is 0 Å². The number of imidazole rings is 1. The van der Waals surface area contributed by atoms with Gasteiger partial charge in [-0.1, -0.05) is 26.0 Å². The first-order chi connectivity index (χ1) is 9.97. The van der Waals surface area contributed by atoms with Gasteiger partial charge < -0.3 is 10.1 Å². The number of hydrogen-bond acceptors (Lipinski definition) is 3. The van der Waals surface area contributed by atoms with Crippen molar-refractivity contribution in [3.05, 3.63) is 30.1 Å². The van der Waals surface area contributed by atoms with Crippen molar-refractivity contribution in [3.8, 4) is 0 Å². The van der Waals surface area contributed by atoms with Gasteiger partial charge in [0.1, 0.15) is 11.2 Å². The molecule has 0 saturated heterocycles. The maximum atomic E-state index is 12.2. The van der Waals surface area contributed by atoms with E-state index in [4.69, 9.17) is 0 Å². The minimum absolute atomic E-state index is 0.319. The molecule has 0 bridgehead atoms. The van der Waals surface area contributed by atoms with Gasteiger partial charge in [0, 0.05) is 0 Å². The molecule has 2 atom stereocenters. The van der Waals surface area contributed by atoms with E-state index in [0.29, 0.717) is 24.2 Å². The highest BCUT2D eigenvalue weighted by Gasteiger charge is 2.49. The molecule has 0 spiro atoms. The van der Waals surface area contributed by atoms with E-state index in [-0.39, 0.29) is 0 Å². The van der Waals surface area contributed by atoms with Crippen molar-refractivity contribution >= 4 is 34.7 Å². The summed E-state index contributed by atoms with van der Waals surface area (Å²) in [5.41, 5.74) is 0.239. The van der Waals surface area contributed by atoms with E-state index in [9.17, 15) is 14.7 Å². The molecule has 1 aromatic heterocycles. The largest absolute Gasteiger partial charge is 0.481 e. The number of aromatic nitrogens is 2. The zero-order valence-electron chi connectivity index (χ0n) is 12.0. The second-order valence-corrected chi connectivity index (χ2v) is 5.44. The van der Waals surface area contributed by atoms with Gasteiger partial charge in [-0.05, 0) is 25.0 Å². The van der Waals surface area contributed by atoms with Crippen LogP contribution in [0, 0.1) is 5.92 Å². The van der Waals surface area contributed by atoms with Gasteiger partial charge >= 0.3 is 5.97 Å². The van der Waals surface area contributed by atoms with Gasteiger partial charge in [-0.25, -0.2) is 4.98 Å². The molecule has 0 aliphatic heterocycles. The molecular formula is C15H18N2O3S. The summed E-state index contributed by atoms with van der Waals surface area (Å²) in [4.78, 5) is 31.4. The van der Waals surface area contributed by atoms with E-state index in [1.54, 1.807) is 13.8 Å². The molecule has 0 amide bonds. The summed E-state index contributed by atoms with van der Waals surface area (Å²) >= 11 is 3.98. The second kappa shape index (κ2) is 5.89. The molecule has 2 N–H and O–H groups in total. The van der Waals surface area contributed by atoms with Gasteiger partial charge in [0.25, 0.3) is 0 Å². The number of carboxylic acid groups (broad SMARTS) is 1. The van der Waals surface area contributed by atoms with Crippen LogP contribution in [-0.2, 0) is 15.0 Å². The Bertz CT molecular complexity index is 649. The van der Waals surface area contributed by atoms with E-state index < -0.39 is 22.4 Å². The van der Waals surface area contributed by atoms with Crippen molar-refractivity contribution in [2.75, 3.05) is 0 Å². The number of carbonyl (C=O) groups excluding carboxylic acids is 1. The number of aliphatic carboxylic acids is 1. The third-order valence-electron chi connectivity index (χ3n) is 4.05. The third kappa shape index (κ3) is 2.44. The van der Waals surface area contributed by atoms with Crippen LogP contribution in [0.1, 0.15) is 32.5 Å². The van der Waals surface area contributed by atoms with Crippen molar-refractivity contribution in [2.24, 2.45) is 5.92 Å². The average molecular weight is 306 g/mol. The number of aromatic amines is 1. The third-order valence-corrected chi connectivity index (χ3v) is 4.45. The quantitative estimate of drug-likeness (QED) is 0.717. The molecule has 21 heavy (non-hydrogen) atoms. The number of nitrogens with zero attached hydrogens (tertiary/aromatic N) is 1. The summed E-state index contributed by atoms with van der Waals surface area (Å²) < 4.78 is 0. The number of para-hydroxylation sites is 2. The van der Waals surface area contributed by atoms with E-state index in [0.717, 1.165) is 5.52 Å². The van der Waals surface area contributed by atoms with E-state index in [2.05, 4.69) is 22.6 Å². The van der Waals surface area contributed by atoms with Crippen LogP contribution in [0.15, 0.2) is 24.3 Å². The first-order valence-corrected chi connectivity index (χ1v) is 7.33. The zero-order chi connectivity index (χ0) is 15.6. The maximum absolute atomic E-state index is 12.2. The highest BCUT2D eigenvalue weighted by Crippen LogP contribution is 2.39. The van der Waals surface area contributed by atoms with Gasteiger partial charge in [-0.3, -0.25) is 9.59 Å². The van der Waals surface area contributed by atoms with Crippen molar-refractivity contribution in [3.63, 3.8) is 0 Å². The summed E-state index contributed by atoms with van der Waals surface area (Å²) in [6.07, 6.45) is 0.645. The number of rotatable bonds is 6. The Labute approximate surface area is 128 Å². The SMILES string of the molecule is CCC(C(=O)O)C(CC)(C(=O)S)c1nc2ccccc2[nH]1. The van der Waals surface area contributed by atoms with Crippen LogP contribution in [0.25, 0.3) is 11.0 Å². The summed E-state index contributed by atoms with van der Waals surface area (Å²) in [6, 6.07) is 7.37. The van der Waals surface area contributed by atoms with Gasteiger partial charge in [0.15, 0.2) is 5.12 Å². The van der Waals surface area contributed by atoms with Gasteiger partial charge in [-0.2, -0.15) is 0 Å². The number of hydrogen-bond donors (Lipinski definition) is 3. The Kier molecular flexibility index (Phi) is 4.37. The number of thiol groups is 1. The fraction of sp³-hybridized carbons (Fsp3) is 0.400. The topological polar surface area (TPSA) is 83.0 Å². The molecule has 0 aliphatic carbocycles. The standard InChI is InChI=1S/C15H18N2O3S/c1-3-9(12(18)19)15(4-2,14(20)21)13-16-10-7-5-6-8-11(10)17-13/h5-9H,3-4H2,1-2H3,(H,16,17)(H,18,19)(H,20,21). The molecule has 1 aromatic carbocycles. The van der Waals surface area contributed by atoms with Crippen molar-refractivity contribution < 1.29 is 14.7 Å². The van der Waals surface area contributed by atoms with Crippen LogP contribution in [0.2, 0.25) is 0 Å². The minimum Gasteiger partial charge on any atom is -0.481 e. The first kappa shape index (κ1) is 15.6. The van der Waals surface area contributed by atoms with Crippen LogP contribution in [0.4, 0.5) is 0 Å². The van der Waals surface area contributed by atoms with Gasteiger partial charge in [0.2, 0.25) is 0 Å². The summed E-state index contributed by atoms with van der Waals surface area (Å²) in [5, 5.41) is 9.02. The molecule has 112 valence electrons. The summed E-state index contributed by atoms with van der Waals surface area (Å²) in [6.45, 7) is 3.54. The monoisotopic (exact) mass is 306 g/mol. The molecule has 1 heterocycles. The molecule has 0 aliphatic rings. The summed E-state index contributed by atoms with van der Waals surface area (Å²) in [7, 11) is 0. The Morgan fingerprint density at radius 3 is 2.52 bits per heavy atom. The molecule has 5 nitrogen and oxygen atoms in total. The zero-order valence-corrected chi connectivity index (χ0v) is 12.9. The van der Waals surface area contributed by atoms with Crippen LogP contribution in [0.5, 0.6) is 0 Å². The van der Waals surface area contributed by atoms with Crippen LogP contribution in [-0.4, -0.2) is 26.2 Å². The Balaban J connectivity index is 2.69. The Hall–Kier alpha value is -1.82. The number of carboxylic acids is 1. The van der Waals surface area contributed by atoms with Crippen molar-refractivity contribution in [1.82, 2.24) is 9.97 Å². The lowest BCUT2D eigenvalue weighted by atomic mass is 9.72. The molecule has 2 rings (SSSR count). The number of H-pyrrole nitrogens is 1. The van der Waals surface area contributed by atoms with Gasteiger partial charge in [0.05, 0.1) is 17.0 Å². The predicted octanol–water partition coefficient (Wildman–Crippen LogP) is 2.78. The normalized spacial score (nSPS) is 15.6. The van der Waals surface area contributed by atoms with Crippen LogP contribution in [0.3, 0.4) is 0 Å². The number of nitrogens with one attached hydrogen (secondary N) is 1. The lowest BCUT2D eigenvalue weighted by Crippen LogP contribution is -2.45. The smallest absolute Gasteiger partial charge is 0.308 e. The van der Waals surface area contributed by atoms with Gasteiger partial charge in [-0.15, -0.1) is 12.6 Å². The lowest BCUT2D eigenvalue weighted by Gasteiger charge is -2.32. The molecule has 0 fully saturated rings. The number of fused-ring (bicyclic) bond motifs is 1. The number of carbonyl (C=O) groups is 2. The highest BCUT2D eigenvalue weighted by molar-refractivity contribution is 7.96. The predicted molar refractivity (Wildman–Crippen MR) is 83.5 cm³/mol. The maximum Gasteiger partial charge on any atom is 0.308 e. The average Bonchev–Trinajstić information content (AvgIpc) is 2.87. The molecule has 2 unspecified atom stereocenters. The van der Waals surface area contributed by atoms with E-state index in [1.165, 1.54) is 0 Å². The Morgan fingerprint density at radius 1 is 1.38 bits per heavy atom. The number of benzene rings is 1. The lowest BCUT2D eigenvalue weighted by molar-refractivity contribution is -0.147. The second-order valence-electron chi connectivity index (χ2n) is 5.03. The van der Waals surface area contributed by atoms with Crippen molar-refractivity contribution in [1.29, 1.82) is 0 Å². The van der Waals surface area contributed by atoms with E-state index in [1.807, 2.05) is 24.3 Å². The molecule has 6 heteroatoms. The summed E-state index contributed by atoms with van der Waals surface area (Å²) in [5.74, 6) is -1.50. The fourth-order valence-corrected chi connectivity index (χ4v) is 3.30. The molecule has 0 radical (unpaired) electrons.